The van der Waals surface area contributed by atoms with Crippen LogP contribution < -0.4 is 10.6 Å². The van der Waals surface area contributed by atoms with Gasteiger partial charge in [-0.15, -0.1) is 0 Å². The average molecular weight is 338 g/mol. The molecule has 6 heteroatoms. The van der Waals surface area contributed by atoms with Crippen molar-refractivity contribution >= 4 is 23.0 Å². The van der Waals surface area contributed by atoms with Gasteiger partial charge in [0, 0.05) is 11.3 Å². The van der Waals surface area contributed by atoms with Gasteiger partial charge in [-0.25, -0.2) is 0 Å². The molecule has 0 fully saturated rings. The Kier molecular flexibility index (Phi) is 5.18. The molecule has 0 radical (unpaired) electrons. The molecule has 3 aromatic rings. The second kappa shape index (κ2) is 7.70. The Morgan fingerprint density at radius 3 is 2.54 bits per heavy atom. The lowest BCUT2D eigenvalue weighted by Crippen LogP contribution is -2.28. The Morgan fingerprint density at radius 1 is 1.08 bits per heavy atom. The van der Waals surface area contributed by atoms with Crippen LogP contribution in [-0.4, -0.2) is 15.3 Å². The van der Waals surface area contributed by atoms with E-state index in [4.69, 9.17) is 16.7 Å². The van der Waals surface area contributed by atoms with Crippen LogP contribution in [0.25, 0.3) is 11.4 Å². The summed E-state index contributed by atoms with van der Waals surface area (Å²) in [7, 11) is 0. The van der Waals surface area contributed by atoms with Crippen LogP contribution in [0.3, 0.4) is 0 Å². The van der Waals surface area contributed by atoms with Gasteiger partial charge in [0.05, 0.1) is 6.54 Å². The van der Waals surface area contributed by atoms with E-state index in [9.17, 15) is 0 Å². The quantitative estimate of drug-likeness (QED) is 0.690. The molecule has 24 heavy (non-hydrogen) atoms. The van der Waals surface area contributed by atoms with Crippen molar-refractivity contribution in [3.8, 4) is 11.4 Å². The van der Waals surface area contributed by atoms with Gasteiger partial charge < -0.3 is 15.2 Å². The van der Waals surface area contributed by atoms with E-state index in [2.05, 4.69) is 39.8 Å². The highest BCUT2D eigenvalue weighted by Gasteiger charge is 2.08. The first kappa shape index (κ1) is 16.1. The summed E-state index contributed by atoms with van der Waals surface area (Å²) in [5.41, 5.74) is 3.16. The number of rotatable bonds is 5. The molecule has 1 aromatic heterocycles. The van der Waals surface area contributed by atoms with Crippen molar-refractivity contribution in [3.63, 3.8) is 0 Å². The van der Waals surface area contributed by atoms with Gasteiger partial charge in [0.1, 0.15) is 0 Å². The first-order chi connectivity index (χ1) is 11.7. The minimum Gasteiger partial charge on any atom is -0.353 e. The number of hydrogen-bond acceptors (Lipinski definition) is 4. The van der Waals surface area contributed by atoms with Gasteiger partial charge in [0.25, 0.3) is 0 Å². The SMILES string of the molecule is CCc1ccc(NC(=S)NCc2nc(-c3ccccc3)no2)cc1. The molecule has 122 valence electrons. The minimum absolute atomic E-state index is 0.374. The third-order valence-electron chi connectivity index (χ3n) is 3.52. The van der Waals surface area contributed by atoms with E-state index in [0.717, 1.165) is 17.7 Å². The van der Waals surface area contributed by atoms with Crippen molar-refractivity contribution in [3.05, 3.63) is 66.1 Å². The van der Waals surface area contributed by atoms with E-state index < -0.39 is 0 Å². The van der Waals surface area contributed by atoms with Crippen molar-refractivity contribution in [2.75, 3.05) is 5.32 Å². The number of aromatic nitrogens is 2. The van der Waals surface area contributed by atoms with Gasteiger partial charge in [-0.3, -0.25) is 0 Å². The molecule has 0 aliphatic carbocycles. The zero-order valence-corrected chi connectivity index (χ0v) is 14.1. The fourth-order valence-corrected chi connectivity index (χ4v) is 2.38. The van der Waals surface area contributed by atoms with Gasteiger partial charge in [-0.1, -0.05) is 54.5 Å². The summed E-state index contributed by atoms with van der Waals surface area (Å²) in [4.78, 5) is 4.35. The van der Waals surface area contributed by atoms with Crippen LogP contribution in [0.5, 0.6) is 0 Å². The molecule has 0 aliphatic heterocycles. The lowest BCUT2D eigenvalue weighted by atomic mass is 10.1. The molecule has 0 bridgehead atoms. The predicted octanol–water partition coefficient (Wildman–Crippen LogP) is 3.79. The topological polar surface area (TPSA) is 63.0 Å². The van der Waals surface area contributed by atoms with Crippen molar-refractivity contribution in [2.45, 2.75) is 19.9 Å². The third kappa shape index (κ3) is 4.17. The van der Waals surface area contributed by atoms with E-state index in [1.807, 2.05) is 42.5 Å². The maximum absolute atomic E-state index is 5.28. The highest BCUT2D eigenvalue weighted by Crippen LogP contribution is 2.14. The van der Waals surface area contributed by atoms with E-state index in [-0.39, 0.29) is 0 Å². The highest BCUT2D eigenvalue weighted by atomic mass is 32.1. The van der Waals surface area contributed by atoms with Crippen LogP contribution in [0.1, 0.15) is 18.4 Å². The molecule has 5 nitrogen and oxygen atoms in total. The number of aryl methyl sites for hydroxylation is 1. The number of thiocarbonyl (C=S) groups is 1. The molecule has 0 unspecified atom stereocenters. The van der Waals surface area contributed by atoms with Crippen LogP contribution in [0.15, 0.2) is 59.1 Å². The molecular weight excluding hydrogens is 320 g/mol. The standard InChI is InChI=1S/C18H18N4OS/c1-2-13-8-10-15(11-9-13)20-18(24)19-12-16-21-17(22-23-16)14-6-4-3-5-7-14/h3-11H,2,12H2,1H3,(H2,19,20,24). The summed E-state index contributed by atoms with van der Waals surface area (Å²) >= 11 is 5.28. The van der Waals surface area contributed by atoms with E-state index in [1.165, 1.54) is 5.56 Å². The second-order valence-corrected chi connectivity index (χ2v) is 5.64. The minimum atomic E-state index is 0.374. The summed E-state index contributed by atoms with van der Waals surface area (Å²) in [6.45, 7) is 2.50. The molecule has 0 spiro atoms. The van der Waals surface area contributed by atoms with Gasteiger partial charge in [0.2, 0.25) is 11.7 Å². The van der Waals surface area contributed by atoms with Crippen LogP contribution in [0.2, 0.25) is 0 Å². The zero-order chi connectivity index (χ0) is 16.8. The maximum atomic E-state index is 5.28. The van der Waals surface area contributed by atoms with E-state index >= 15 is 0 Å². The van der Waals surface area contributed by atoms with Crippen molar-refractivity contribution in [1.29, 1.82) is 0 Å². The summed E-state index contributed by atoms with van der Waals surface area (Å²) in [5.74, 6) is 1.06. The molecule has 0 atom stereocenters. The molecule has 1 heterocycles. The van der Waals surface area contributed by atoms with Crippen molar-refractivity contribution < 1.29 is 4.52 Å². The molecule has 3 rings (SSSR count). The number of nitrogens with zero attached hydrogens (tertiary/aromatic N) is 2. The molecule has 0 saturated carbocycles. The van der Waals surface area contributed by atoms with Gasteiger partial charge in [-0.2, -0.15) is 4.98 Å². The lowest BCUT2D eigenvalue weighted by molar-refractivity contribution is 0.376. The fourth-order valence-electron chi connectivity index (χ4n) is 2.19. The first-order valence-corrected chi connectivity index (χ1v) is 8.17. The first-order valence-electron chi connectivity index (χ1n) is 7.76. The molecule has 2 N–H and O–H groups in total. The van der Waals surface area contributed by atoms with Crippen LogP contribution in [0, 0.1) is 0 Å². The zero-order valence-electron chi connectivity index (χ0n) is 13.3. The number of benzene rings is 2. The monoisotopic (exact) mass is 338 g/mol. The molecule has 0 aliphatic rings. The molecule has 2 aromatic carbocycles. The van der Waals surface area contributed by atoms with Crippen LogP contribution in [-0.2, 0) is 13.0 Å². The Hall–Kier alpha value is -2.73. The fraction of sp³-hybridized carbons (Fsp3) is 0.167. The third-order valence-corrected chi connectivity index (χ3v) is 3.77. The smallest absolute Gasteiger partial charge is 0.246 e. The Labute approximate surface area is 146 Å². The van der Waals surface area contributed by atoms with Gasteiger partial charge in [-0.05, 0) is 36.3 Å². The maximum Gasteiger partial charge on any atom is 0.246 e. The summed E-state index contributed by atoms with van der Waals surface area (Å²) < 4.78 is 5.24. The molecular formula is C18H18N4OS. The van der Waals surface area contributed by atoms with E-state index in [1.54, 1.807) is 0 Å². The second-order valence-electron chi connectivity index (χ2n) is 5.24. The molecule has 0 amide bonds. The van der Waals surface area contributed by atoms with Crippen molar-refractivity contribution in [1.82, 2.24) is 15.5 Å². The predicted molar refractivity (Wildman–Crippen MR) is 98.6 cm³/mol. The van der Waals surface area contributed by atoms with E-state index in [0.29, 0.717) is 23.4 Å². The Bertz CT molecular complexity index is 799. The number of anilines is 1. The number of nitrogens with one attached hydrogen (secondary N) is 2. The van der Waals surface area contributed by atoms with Crippen molar-refractivity contribution in [2.24, 2.45) is 0 Å². The number of hydrogen-bond donors (Lipinski definition) is 2. The lowest BCUT2D eigenvalue weighted by Gasteiger charge is -2.09. The highest BCUT2D eigenvalue weighted by molar-refractivity contribution is 7.80. The Balaban J connectivity index is 1.53. The van der Waals surface area contributed by atoms with Gasteiger partial charge >= 0.3 is 0 Å². The molecule has 0 saturated heterocycles. The average Bonchev–Trinajstić information content (AvgIpc) is 3.10. The largest absolute Gasteiger partial charge is 0.353 e. The normalized spacial score (nSPS) is 10.4. The summed E-state index contributed by atoms with van der Waals surface area (Å²) in [5, 5.41) is 10.7. The summed E-state index contributed by atoms with van der Waals surface area (Å²) in [6.07, 6.45) is 1.02. The van der Waals surface area contributed by atoms with Crippen LogP contribution >= 0.6 is 12.2 Å². The van der Waals surface area contributed by atoms with Crippen LogP contribution in [0.4, 0.5) is 5.69 Å². The van der Waals surface area contributed by atoms with Gasteiger partial charge in [0.15, 0.2) is 5.11 Å². The summed E-state index contributed by atoms with van der Waals surface area (Å²) in [6, 6.07) is 17.9. The Morgan fingerprint density at radius 2 is 1.83 bits per heavy atom.